The van der Waals surface area contributed by atoms with Crippen molar-refractivity contribution in [2.45, 2.75) is 0 Å². The van der Waals surface area contributed by atoms with Crippen LogP contribution in [0.25, 0.3) is 98.4 Å². The first-order valence-electron chi connectivity index (χ1n) is 16.6. The van der Waals surface area contributed by atoms with E-state index in [9.17, 15) is 1.37 Å². The number of rotatable bonds is 3. The summed E-state index contributed by atoms with van der Waals surface area (Å²) in [7, 11) is 0. The summed E-state index contributed by atoms with van der Waals surface area (Å²) in [5, 5.41) is 10.9. The van der Waals surface area contributed by atoms with Gasteiger partial charge in [0.1, 0.15) is 11.2 Å². The zero-order valence-electron chi connectivity index (χ0n) is 26.5. The summed E-state index contributed by atoms with van der Waals surface area (Å²) in [5.74, 6) is 0. The molecule has 10 rings (SSSR count). The van der Waals surface area contributed by atoms with E-state index in [0.717, 1.165) is 43.5 Å². The SMILES string of the molecule is [2H]c1c2ccccc2c(-c2c3ccccc3c(-c3cccc(-c4ccccc4)c3)c3ccccc23)c2c1oc1c3ccccc3ccc12. The van der Waals surface area contributed by atoms with Crippen LogP contribution in [0.4, 0.5) is 0 Å². The zero-order valence-corrected chi connectivity index (χ0v) is 25.5. The van der Waals surface area contributed by atoms with Gasteiger partial charge in [-0.2, -0.15) is 0 Å². The van der Waals surface area contributed by atoms with Gasteiger partial charge >= 0.3 is 0 Å². The van der Waals surface area contributed by atoms with E-state index in [1.54, 1.807) is 0 Å². The number of furan rings is 1. The highest BCUT2D eigenvalue weighted by molar-refractivity contribution is 6.31. The largest absolute Gasteiger partial charge is 0.455 e. The highest BCUT2D eigenvalue weighted by Crippen LogP contribution is 2.50. The van der Waals surface area contributed by atoms with Gasteiger partial charge in [-0.1, -0.05) is 152 Å². The average molecular weight is 598 g/mol. The predicted molar refractivity (Wildman–Crippen MR) is 200 cm³/mol. The van der Waals surface area contributed by atoms with E-state index >= 15 is 0 Å². The highest BCUT2D eigenvalue weighted by Gasteiger charge is 2.23. The van der Waals surface area contributed by atoms with E-state index in [1.165, 1.54) is 49.4 Å². The van der Waals surface area contributed by atoms with Crippen LogP contribution in [-0.4, -0.2) is 0 Å². The van der Waals surface area contributed by atoms with Crippen LogP contribution in [0.15, 0.2) is 174 Å². The molecule has 0 spiro atoms. The van der Waals surface area contributed by atoms with Crippen LogP contribution in [0.2, 0.25) is 0 Å². The molecule has 1 heterocycles. The van der Waals surface area contributed by atoms with Crippen LogP contribution in [-0.2, 0) is 0 Å². The van der Waals surface area contributed by atoms with Gasteiger partial charge in [0.15, 0.2) is 0 Å². The number of hydrogen-bond acceptors (Lipinski definition) is 1. The van der Waals surface area contributed by atoms with Crippen molar-refractivity contribution in [1.29, 1.82) is 0 Å². The molecule has 0 aliphatic heterocycles. The molecule has 1 aromatic heterocycles. The summed E-state index contributed by atoms with van der Waals surface area (Å²) in [6.45, 7) is 0. The Morgan fingerprint density at radius 3 is 1.64 bits per heavy atom. The van der Waals surface area contributed by atoms with Gasteiger partial charge in [-0.25, -0.2) is 0 Å². The molecule has 0 aliphatic carbocycles. The van der Waals surface area contributed by atoms with Crippen LogP contribution in [0.5, 0.6) is 0 Å². The Balaban J connectivity index is 1.39. The summed E-state index contributed by atoms with van der Waals surface area (Å²) in [6.07, 6.45) is 0. The minimum Gasteiger partial charge on any atom is -0.455 e. The summed E-state index contributed by atoms with van der Waals surface area (Å²) in [6, 6.07) is 58.6. The Labute approximate surface area is 273 Å². The fourth-order valence-corrected chi connectivity index (χ4v) is 7.68. The minimum atomic E-state index is 0.424. The number of benzene rings is 9. The average Bonchev–Trinajstić information content (AvgIpc) is 3.55. The molecule has 9 aromatic carbocycles. The molecule has 0 fully saturated rings. The standard InChI is InChI=1S/C46H28O/c1-2-13-29(14-3-1)31-17-12-18-33(27-31)42-36-21-8-10-23-38(36)43(39-24-11-9-22-37(39)42)45-34-19-6-5-16-32(34)28-41-44(45)40-26-25-30-15-4-7-20-35(30)46(40)47-41/h1-28H/i28D. The van der Waals surface area contributed by atoms with Crippen molar-refractivity contribution in [3.63, 3.8) is 0 Å². The molecule has 218 valence electrons. The van der Waals surface area contributed by atoms with Gasteiger partial charge < -0.3 is 4.42 Å². The number of fused-ring (bicyclic) bond motifs is 8. The summed E-state index contributed by atoms with van der Waals surface area (Å²) in [4.78, 5) is 0. The monoisotopic (exact) mass is 597 g/mol. The van der Waals surface area contributed by atoms with Crippen molar-refractivity contribution >= 4 is 65.0 Å². The molecule has 1 nitrogen and oxygen atoms in total. The second-order valence-corrected chi connectivity index (χ2v) is 12.3. The second kappa shape index (κ2) is 10.2. The van der Waals surface area contributed by atoms with Gasteiger partial charge in [0.05, 0.1) is 1.37 Å². The molecule has 0 amide bonds. The molecular formula is C46H28O. The van der Waals surface area contributed by atoms with Gasteiger partial charge in [-0.15, -0.1) is 0 Å². The third kappa shape index (κ3) is 3.90. The Morgan fingerprint density at radius 1 is 0.362 bits per heavy atom. The van der Waals surface area contributed by atoms with Crippen LogP contribution in [0.1, 0.15) is 1.37 Å². The molecule has 10 aromatic rings. The Morgan fingerprint density at radius 2 is 0.915 bits per heavy atom. The smallest absolute Gasteiger partial charge is 0.143 e. The Hall–Kier alpha value is -6.18. The van der Waals surface area contributed by atoms with E-state index in [4.69, 9.17) is 4.42 Å². The van der Waals surface area contributed by atoms with Gasteiger partial charge in [-0.05, 0) is 83.7 Å². The van der Waals surface area contributed by atoms with Gasteiger partial charge in [-0.3, -0.25) is 0 Å². The van der Waals surface area contributed by atoms with Crippen molar-refractivity contribution in [3.05, 3.63) is 170 Å². The Bertz CT molecular complexity index is 2840. The molecule has 47 heavy (non-hydrogen) atoms. The Kier molecular flexibility index (Phi) is 5.42. The lowest BCUT2D eigenvalue weighted by Gasteiger charge is -2.20. The van der Waals surface area contributed by atoms with Gasteiger partial charge in [0.2, 0.25) is 0 Å². The highest BCUT2D eigenvalue weighted by atomic mass is 16.3. The van der Waals surface area contributed by atoms with Crippen LogP contribution in [0, 0.1) is 0 Å². The fraction of sp³-hybridized carbons (Fsp3) is 0. The van der Waals surface area contributed by atoms with E-state index in [-0.39, 0.29) is 0 Å². The molecule has 0 aliphatic rings. The molecule has 0 unspecified atom stereocenters. The van der Waals surface area contributed by atoms with E-state index in [1.807, 2.05) is 6.07 Å². The third-order valence-corrected chi connectivity index (χ3v) is 9.71. The lowest BCUT2D eigenvalue weighted by atomic mass is 9.83. The maximum Gasteiger partial charge on any atom is 0.143 e. The van der Waals surface area contributed by atoms with Crippen molar-refractivity contribution in [1.82, 2.24) is 0 Å². The number of hydrogen-bond donors (Lipinski definition) is 0. The van der Waals surface area contributed by atoms with E-state index < -0.39 is 0 Å². The molecule has 0 saturated heterocycles. The normalized spacial score (nSPS) is 12.1. The fourth-order valence-electron chi connectivity index (χ4n) is 7.68. The zero-order chi connectivity index (χ0) is 31.8. The maximum atomic E-state index is 9.40. The van der Waals surface area contributed by atoms with Crippen molar-refractivity contribution in [2.75, 3.05) is 0 Å². The molecular weight excluding hydrogens is 569 g/mol. The summed E-state index contributed by atoms with van der Waals surface area (Å²) >= 11 is 0. The first kappa shape index (κ1) is 25.1. The lowest BCUT2D eigenvalue weighted by molar-refractivity contribution is 0.673. The van der Waals surface area contributed by atoms with Gasteiger partial charge in [0.25, 0.3) is 0 Å². The van der Waals surface area contributed by atoms with Crippen molar-refractivity contribution < 1.29 is 5.79 Å². The molecule has 0 N–H and O–H groups in total. The third-order valence-electron chi connectivity index (χ3n) is 9.71. The first-order chi connectivity index (χ1) is 23.8. The van der Waals surface area contributed by atoms with E-state index in [2.05, 4.69) is 158 Å². The predicted octanol–water partition coefficient (Wildman–Crippen LogP) is 13.2. The van der Waals surface area contributed by atoms with Crippen molar-refractivity contribution in [2.24, 2.45) is 0 Å². The molecule has 0 saturated carbocycles. The molecule has 0 bridgehead atoms. The maximum absolute atomic E-state index is 9.40. The summed E-state index contributed by atoms with van der Waals surface area (Å²) in [5.41, 5.74) is 8.55. The molecule has 0 atom stereocenters. The van der Waals surface area contributed by atoms with E-state index in [0.29, 0.717) is 11.6 Å². The van der Waals surface area contributed by atoms with Crippen molar-refractivity contribution in [3.8, 4) is 33.4 Å². The lowest BCUT2D eigenvalue weighted by Crippen LogP contribution is -1.92. The molecule has 1 heteroatoms. The topological polar surface area (TPSA) is 13.1 Å². The van der Waals surface area contributed by atoms with Gasteiger partial charge in [0, 0.05) is 21.7 Å². The quantitative estimate of drug-likeness (QED) is 0.185. The first-order valence-corrected chi connectivity index (χ1v) is 16.1. The minimum absolute atomic E-state index is 0.424. The van der Waals surface area contributed by atoms with Crippen LogP contribution >= 0.6 is 0 Å². The molecule has 0 radical (unpaired) electrons. The summed E-state index contributed by atoms with van der Waals surface area (Å²) < 4.78 is 16.2. The van der Waals surface area contributed by atoms with Crippen LogP contribution < -0.4 is 0 Å². The van der Waals surface area contributed by atoms with Crippen LogP contribution in [0.3, 0.4) is 0 Å². The second-order valence-electron chi connectivity index (χ2n) is 12.3.